The van der Waals surface area contributed by atoms with Crippen LogP contribution >= 0.6 is 45.8 Å². The van der Waals surface area contributed by atoms with E-state index in [2.05, 4.69) is 33.0 Å². The molecule has 2 aliphatic carbocycles. The third kappa shape index (κ3) is 5.67. The zero-order valence-electron chi connectivity index (χ0n) is 29.3. The van der Waals surface area contributed by atoms with Gasteiger partial charge in [0.25, 0.3) is 11.8 Å². The fraction of sp³-hybridized carbons (Fsp3) is 0.214. The van der Waals surface area contributed by atoms with Crippen LogP contribution in [-0.4, -0.2) is 38.7 Å². The molecule has 57 heavy (non-hydrogen) atoms. The van der Waals surface area contributed by atoms with E-state index in [-0.39, 0.29) is 30.3 Å². The van der Waals surface area contributed by atoms with Crippen LogP contribution in [0.15, 0.2) is 109 Å². The lowest BCUT2D eigenvalue weighted by molar-refractivity contribution is -0.139. The minimum atomic E-state index is -4.76. The smallest absolute Gasteiger partial charge is 0.417 e. The summed E-state index contributed by atoms with van der Waals surface area (Å²) in [6.07, 6.45) is -2.25. The van der Waals surface area contributed by atoms with Crippen molar-refractivity contribution in [3.63, 3.8) is 0 Å². The molecule has 9 rings (SSSR count). The number of amides is 4. The van der Waals surface area contributed by atoms with Crippen molar-refractivity contribution in [2.24, 2.45) is 23.7 Å². The number of alkyl halides is 3. The van der Waals surface area contributed by atoms with Gasteiger partial charge in [-0.25, -0.2) is 4.98 Å². The Balaban J connectivity index is 1.27. The molecule has 4 aliphatic rings. The fourth-order valence-corrected chi connectivity index (χ4v) is 10.2. The van der Waals surface area contributed by atoms with Gasteiger partial charge in [-0.15, -0.1) is 0 Å². The molecule has 4 amide bonds. The highest BCUT2D eigenvalue weighted by molar-refractivity contribution is 14.1. The van der Waals surface area contributed by atoms with Gasteiger partial charge in [-0.05, 0) is 106 Å². The van der Waals surface area contributed by atoms with Gasteiger partial charge in [-0.2, -0.15) is 18.2 Å². The van der Waals surface area contributed by atoms with Crippen molar-refractivity contribution in [2.45, 2.75) is 30.4 Å². The second-order valence-electron chi connectivity index (χ2n) is 14.6. The predicted molar refractivity (Wildman–Crippen MR) is 214 cm³/mol. The van der Waals surface area contributed by atoms with Crippen LogP contribution < -0.4 is 10.3 Å². The summed E-state index contributed by atoms with van der Waals surface area (Å²) in [6.45, 7) is 0. The van der Waals surface area contributed by atoms with E-state index in [1.165, 1.54) is 11.0 Å². The molecule has 5 aromatic rings. The van der Waals surface area contributed by atoms with E-state index >= 15 is 9.59 Å². The first-order valence-corrected chi connectivity index (χ1v) is 19.7. The number of benzene rings is 4. The number of halogens is 6. The van der Waals surface area contributed by atoms with Gasteiger partial charge in [0.05, 0.1) is 39.4 Å². The summed E-state index contributed by atoms with van der Waals surface area (Å²) < 4.78 is 41.6. The maximum absolute atomic E-state index is 15.5. The average Bonchev–Trinajstić information content (AvgIpc) is 3.56. The summed E-state index contributed by atoms with van der Waals surface area (Å²) in [5, 5.41) is 13.8. The fourth-order valence-electron chi connectivity index (χ4n) is 9.53. The average molecular weight is 924 g/mol. The van der Waals surface area contributed by atoms with Crippen molar-refractivity contribution in [1.82, 2.24) is 9.99 Å². The summed E-state index contributed by atoms with van der Waals surface area (Å²) in [4.78, 5) is 64.3. The number of phenols is 1. The Morgan fingerprint density at radius 3 is 2.30 bits per heavy atom. The van der Waals surface area contributed by atoms with Gasteiger partial charge < -0.3 is 5.11 Å². The number of hydrogen-bond acceptors (Lipinski definition) is 7. The number of carbonyl (C=O) groups is 4. The minimum absolute atomic E-state index is 0.0614. The standard InChI is InChI=1S/C42H28Cl2F3IN4O5/c43-23-8-6-21(7-9-23)41-30(38(55)52(40(41)57)50-36-31(44)17-22(19-49-36)42(45,46)47)18-29-27(35(41)34-26-4-2-1-3-20(26)5-16-32(34)53)14-15-28-33(29)39(56)51(37(28)54)25-12-10-24(48)11-13-25/h1-14,16-17,19,28-30,33,35,53H,15,18H2,(H,49,50)/t28-,29+,30-,33-,35+,41+/m0/s1. The van der Waals surface area contributed by atoms with E-state index in [0.29, 0.717) is 45.1 Å². The van der Waals surface area contributed by atoms with Crippen LogP contribution in [0.2, 0.25) is 10.0 Å². The quantitative estimate of drug-likeness (QED) is 0.103. The zero-order chi connectivity index (χ0) is 40.1. The van der Waals surface area contributed by atoms with Gasteiger partial charge in [-0.3, -0.25) is 29.5 Å². The Bertz CT molecular complexity index is 2590. The molecule has 0 unspecified atom stereocenters. The molecule has 6 atom stereocenters. The molecular formula is C42H28Cl2F3IN4O5. The molecule has 288 valence electrons. The van der Waals surface area contributed by atoms with Crippen LogP contribution in [-0.2, 0) is 30.8 Å². The van der Waals surface area contributed by atoms with Gasteiger partial charge in [0, 0.05) is 26.3 Å². The molecule has 15 heteroatoms. The number of allylic oxidation sites excluding steroid dienone is 2. The highest BCUT2D eigenvalue weighted by atomic mass is 127. The molecule has 9 nitrogen and oxygen atoms in total. The van der Waals surface area contributed by atoms with E-state index in [1.54, 1.807) is 66.7 Å². The Morgan fingerprint density at radius 1 is 0.877 bits per heavy atom. The van der Waals surface area contributed by atoms with Crippen molar-refractivity contribution < 1.29 is 37.5 Å². The number of imide groups is 2. The highest BCUT2D eigenvalue weighted by Gasteiger charge is 2.71. The van der Waals surface area contributed by atoms with Crippen molar-refractivity contribution >= 4 is 91.7 Å². The number of pyridine rings is 1. The number of hydrazine groups is 1. The number of anilines is 2. The first-order valence-electron chi connectivity index (χ1n) is 17.9. The predicted octanol–water partition coefficient (Wildman–Crippen LogP) is 9.06. The lowest BCUT2D eigenvalue weighted by Gasteiger charge is -2.51. The second kappa shape index (κ2) is 13.6. The van der Waals surface area contributed by atoms with Gasteiger partial charge in [0.1, 0.15) is 5.75 Å². The number of aromatic hydroxyl groups is 1. The summed E-state index contributed by atoms with van der Waals surface area (Å²) in [6, 6.07) is 24.6. The molecule has 2 saturated heterocycles. The lowest BCUT2D eigenvalue weighted by Crippen LogP contribution is -2.53. The highest BCUT2D eigenvalue weighted by Crippen LogP contribution is 2.65. The van der Waals surface area contributed by atoms with E-state index in [0.717, 1.165) is 14.0 Å². The van der Waals surface area contributed by atoms with Crippen LogP contribution in [0.25, 0.3) is 10.8 Å². The van der Waals surface area contributed by atoms with E-state index in [1.807, 2.05) is 18.2 Å². The Labute approximate surface area is 346 Å². The number of fused-ring (bicyclic) bond motifs is 5. The van der Waals surface area contributed by atoms with Gasteiger partial charge in [-0.1, -0.05) is 77.3 Å². The van der Waals surface area contributed by atoms with Crippen LogP contribution in [0.4, 0.5) is 24.7 Å². The number of phenolic OH excluding ortho intramolecular Hbond substituents is 1. The molecule has 1 saturated carbocycles. The van der Waals surface area contributed by atoms with Crippen LogP contribution in [0.1, 0.15) is 35.4 Å². The van der Waals surface area contributed by atoms with Crippen molar-refractivity contribution in [3.05, 3.63) is 139 Å². The van der Waals surface area contributed by atoms with Crippen LogP contribution in [0.3, 0.4) is 0 Å². The monoisotopic (exact) mass is 922 g/mol. The molecule has 0 bridgehead atoms. The van der Waals surface area contributed by atoms with Gasteiger partial charge >= 0.3 is 6.18 Å². The first-order chi connectivity index (χ1) is 27.2. The van der Waals surface area contributed by atoms with Crippen molar-refractivity contribution in [1.29, 1.82) is 0 Å². The minimum Gasteiger partial charge on any atom is -0.508 e. The Hall–Kier alpha value is -4.99. The van der Waals surface area contributed by atoms with Gasteiger partial charge in [0.2, 0.25) is 11.8 Å². The lowest BCUT2D eigenvalue weighted by atomic mass is 9.48. The van der Waals surface area contributed by atoms with Gasteiger partial charge in [0.15, 0.2) is 5.82 Å². The summed E-state index contributed by atoms with van der Waals surface area (Å²) in [7, 11) is 0. The Morgan fingerprint density at radius 2 is 1.60 bits per heavy atom. The molecule has 4 aromatic carbocycles. The summed E-state index contributed by atoms with van der Waals surface area (Å²) in [5.41, 5.74) is 1.42. The van der Waals surface area contributed by atoms with Crippen molar-refractivity contribution in [2.75, 3.05) is 10.3 Å². The molecule has 3 fully saturated rings. The normalized spacial score (nSPS) is 25.7. The second-order valence-corrected chi connectivity index (χ2v) is 16.7. The number of rotatable bonds is 5. The zero-order valence-corrected chi connectivity index (χ0v) is 33.0. The molecule has 0 spiro atoms. The number of nitrogens with one attached hydrogen (secondary N) is 1. The first kappa shape index (κ1) is 37.6. The molecular weight excluding hydrogens is 895 g/mol. The molecule has 3 heterocycles. The number of nitrogens with zero attached hydrogens (tertiary/aromatic N) is 3. The molecule has 1 aromatic heterocycles. The maximum Gasteiger partial charge on any atom is 0.417 e. The largest absolute Gasteiger partial charge is 0.508 e. The van der Waals surface area contributed by atoms with E-state index < -0.39 is 69.5 Å². The Kier molecular flexibility index (Phi) is 8.94. The van der Waals surface area contributed by atoms with Crippen LogP contribution in [0.5, 0.6) is 5.75 Å². The number of carbonyl (C=O) groups excluding carboxylic acids is 4. The summed E-state index contributed by atoms with van der Waals surface area (Å²) in [5.74, 6) is -7.62. The topological polar surface area (TPSA) is 120 Å². The van der Waals surface area contributed by atoms with E-state index in [4.69, 9.17) is 23.2 Å². The third-order valence-corrected chi connectivity index (χ3v) is 13.1. The maximum atomic E-state index is 15.5. The van der Waals surface area contributed by atoms with Crippen LogP contribution in [0, 0.1) is 27.2 Å². The number of hydrogen-bond donors (Lipinski definition) is 2. The molecule has 2 aliphatic heterocycles. The number of aromatic nitrogens is 1. The molecule has 2 N–H and O–H groups in total. The van der Waals surface area contributed by atoms with E-state index in [9.17, 15) is 27.9 Å². The SMILES string of the molecule is O=C1[C@@H]2C[C@@H]3C(=CC[C@@H]4C(=O)N(c5ccc(I)cc5)C(=O)[C@@H]43)[C@H](c3c(O)ccc4ccccc34)[C@]2(c2ccc(Cl)cc2)C(=O)N1Nc1ncc(C(F)(F)F)cc1Cl. The third-order valence-electron chi connectivity index (χ3n) is 11.9. The summed E-state index contributed by atoms with van der Waals surface area (Å²) >= 11 is 14.8. The van der Waals surface area contributed by atoms with Crippen molar-refractivity contribution in [3.8, 4) is 5.75 Å². The molecule has 0 radical (unpaired) electrons.